The van der Waals surface area contributed by atoms with Gasteiger partial charge in [-0.25, -0.2) is 4.98 Å². The van der Waals surface area contributed by atoms with Crippen molar-refractivity contribution in [3.8, 4) is 0 Å². The van der Waals surface area contributed by atoms with Gasteiger partial charge in [0.05, 0.1) is 18.3 Å². The van der Waals surface area contributed by atoms with Crippen LogP contribution in [-0.4, -0.2) is 27.1 Å². The third-order valence-electron chi connectivity index (χ3n) is 3.73. The summed E-state index contributed by atoms with van der Waals surface area (Å²) >= 11 is 1.44. The zero-order valence-corrected chi connectivity index (χ0v) is 13.7. The van der Waals surface area contributed by atoms with Crippen molar-refractivity contribution >= 4 is 22.0 Å². The first-order valence-electron chi connectivity index (χ1n) is 7.61. The highest BCUT2D eigenvalue weighted by Gasteiger charge is 2.14. The number of hydrogen-bond acceptors (Lipinski definition) is 5. The maximum atomic E-state index is 12.1. The summed E-state index contributed by atoms with van der Waals surface area (Å²) in [4.78, 5) is 19.4. The van der Waals surface area contributed by atoms with Gasteiger partial charge in [-0.3, -0.25) is 9.20 Å². The van der Waals surface area contributed by atoms with Gasteiger partial charge in [0.1, 0.15) is 0 Å². The van der Waals surface area contributed by atoms with E-state index in [1.165, 1.54) is 11.3 Å². The predicted molar refractivity (Wildman–Crippen MR) is 93.1 cm³/mol. The SMILES string of the molecule is CC[C@@H](O)CN(Cc1cc(=O)n2ccsc2n1)c1ccccc1. The Kier molecular flexibility index (Phi) is 4.73. The Morgan fingerprint density at radius 3 is 2.87 bits per heavy atom. The Morgan fingerprint density at radius 1 is 1.35 bits per heavy atom. The predicted octanol–water partition coefficient (Wildman–Crippen LogP) is 2.53. The second-order valence-corrected chi connectivity index (χ2v) is 6.29. The lowest BCUT2D eigenvalue weighted by Crippen LogP contribution is -2.32. The molecule has 0 fully saturated rings. The lowest BCUT2D eigenvalue weighted by Gasteiger charge is -2.26. The van der Waals surface area contributed by atoms with E-state index in [9.17, 15) is 9.90 Å². The molecule has 0 aliphatic heterocycles. The molecule has 2 aromatic heterocycles. The summed E-state index contributed by atoms with van der Waals surface area (Å²) in [6.07, 6.45) is 2.00. The molecular formula is C17H19N3O2S. The normalized spacial score (nSPS) is 12.4. The molecule has 3 rings (SSSR count). The quantitative estimate of drug-likeness (QED) is 0.755. The number of fused-ring (bicyclic) bond motifs is 1. The van der Waals surface area contributed by atoms with Crippen LogP contribution in [0.4, 0.5) is 5.69 Å². The molecule has 0 spiro atoms. The van der Waals surface area contributed by atoms with E-state index in [4.69, 9.17) is 0 Å². The van der Waals surface area contributed by atoms with E-state index in [-0.39, 0.29) is 5.56 Å². The highest BCUT2D eigenvalue weighted by atomic mass is 32.1. The standard InChI is InChI=1S/C17H19N3O2S/c1-2-15(21)12-19(14-6-4-3-5-7-14)11-13-10-16(22)20-8-9-23-17(20)18-13/h3-10,15,21H,2,11-12H2,1H3/t15-/m1/s1. The van der Waals surface area contributed by atoms with Crippen LogP contribution in [0.15, 0.2) is 52.8 Å². The van der Waals surface area contributed by atoms with Gasteiger partial charge in [-0.1, -0.05) is 25.1 Å². The van der Waals surface area contributed by atoms with Gasteiger partial charge in [0.2, 0.25) is 0 Å². The zero-order valence-electron chi connectivity index (χ0n) is 12.9. The first-order chi connectivity index (χ1) is 11.2. The summed E-state index contributed by atoms with van der Waals surface area (Å²) in [7, 11) is 0. The Morgan fingerprint density at radius 2 is 2.13 bits per heavy atom. The van der Waals surface area contributed by atoms with Crippen molar-refractivity contribution < 1.29 is 5.11 Å². The van der Waals surface area contributed by atoms with Gasteiger partial charge in [0, 0.05) is 29.9 Å². The van der Waals surface area contributed by atoms with Crippen molar-refractivity contribution in [1.82, 2.24) is 9.38 Å². The topological polar surface area (TPSA) is 57.8 Å². The number of anilines is 1. The van der Waals surface area contributed by atoms with Crippen molar-refractivity contribution in [1.29, 1.82) is 0 Å². The van der Waals surface area contributed by atoms with E-state index in [2.05, 4.69) is 9.88 Å². The molecule has 1 atom stereocenters. The number of benzene rings is 1. The van der Waals surface area contributed by atoms with E-state index in [0.717, 1.165) is 5.69 Å². The number of nitrogens with zero attached hydrogens (tertiary/aromatic N) is 3. The maximum Gasteiger partial charge on any atom is 0.258 e. The Labute approximate surface area is 138 Å². The number of aliphatic hydroxyl groups is 1. The molecule has 0 saturated carbocycles. The summed E-state index contributed by atoms with van der Waals surface area (Å²) in [5, 5.41) is 11.9. The second kappa shape index (κ2) is 6.93. The van der Waals surface area contributed by atoms with Crippen molar-refractivity contribution in [3.05, 3.63) is 64.0 Å². The monoisotopic (exact) mass is 329 g/mol. The van der Waals surface area contributed by atoms with Crippen LogP contribution in [0.25, 0.3) is 4.96 Å². The van der Waals surface area contributed by atoms with E-state index in [0.29, 0.717) is 30.2 Å². The molecule has 1 N–H and O–H groups in total. The molecule has 2 heterocycles. The van der Waals surface area contributed by atoms with Crippen LogP contribution in [0.3, 0.4) is 0 Å². The summed E-state index contributed by atoms with van der Waals surface area (Å²) in [6.45, 7) is 2.95. The zero-order chi connectivity index (χ0) is 16.2. The molecule has 0 unspecified atom stereocenters. The smallest absolute Gasteiger partial charge is 0.258 e. The van der Waals surface area contributed by atoms with Crippen LogP contribution >= 0.6 is 11.3 Å². The maximum absolute atomic E-state index is 12.1. The van der Waals surface area contributed by atoms with Gasteiger partial charge >= 0.3 is 0 Å². The summed E-state index contributed by atoms with van der Waals surface area (Å²) in [5.41, 5.74) is 1.65. The first kappa shape index (κ1) is 15.7. The molecule has 3 aromatic rings. The highest BCUT2D eigenvalue weighted by Crippen LogP contribution is 2.17. The van der Waals surface area contributed by atoms with Crippen LogP contribution in [0.1, 0.15) is 19.0 Å². The van der Waals surface area contributed by atoms with Crippen molar-refractivity contribution in [2.45, 2.75) is 26.0 Å². The molecule has 0 saturated heterocycles. The first-order valence-corrected chi connectivity index (χ1v) is 8.49. The highest BCUT2D eigenvalue weighted by molar-refractivity contribution is 7.15. The molecule has 0 bridgehead atoms. The second-order valence-electron chi connectivity index (χ2n) is 5.42. The third kappa shape index (κ3) is 3.60. The minimum atomic E-state index is -0.415. The molecule has 0 radical (unpaired) electrons. The lowest BCUT2D eigenvalue weighted by atomic mass is 10.2. The fourth-order valence-corrected chi connectivity index (χ4v) is 3.19. The van der Waals surface area contributed by atoms with E-state index in [1.807, 2.05) is 42.6 Å². The lowest BCUT2D eigenvalue weighted by molar-refractivity contribution is 0.175. The average molecular weight is 329 g/mol. The van der Waals surface area contributed by atoms with Gasteiger partial charge in [0.25, 0.3) is 5.56 Å². The number of thiazole rings is 1. The molecule has 5 nitrogen and oxygen atoms in total. The van der Waals surface area contributed by atoms with Gasteiger partial charge < -0.3 is 10.0 Å². The molecule has 6 heteroatoms. The fourth-order valence-electron chi connectivity index (χ4n) is 2.45. The van der Waals surface area contributed by atoms with Gasteiger partial charge in [-0.05, 0) is 18.6 Å². The van der Waals surface area contributed by atoms with Crippen molar-refractivity contribution in [2.75, 3.05) is 11.4 Å². The molecule has 0 amide bonds. The van der Waals surface area contributed by atoms with E-state index in [1.54, 1.807) is 16.7 Å². The van der Waals surface area contributed by atoms with Crippen molar-refractivity contribution in [2.24, 2.45) is 0 Å². The molecule has 120 valence electrons. The number of aliphatic hydroxyl groups excluding tert-OH is 1. The summed E-state index contributed by atoms with van der Waals surface area (Å²) < 4.78 is 1.54. The Bertz CT molecular complexity index is 828. The van der Waals surface area contributed by atoms with Gasteiger partial charge in [-0.15, -0.1) is 11.3 Å². The molecule has 0 aliphatic carbocycles. The minimum Gasteiger partial charge on any atom is -0.391 e. The number of para-hydroxylation sites is 1. The van der Waals surface area contributed by atoms with Crippen molar-refractivity contribution in [3.63, 3.8) is 0 Å². The number of aromatic nitrogens is 2. The van der Waals surface area contributed by atoms with Crippen LogP contribution in [-0.2, 0) is 6.54 Å². The Balaban J connectivity index is 1.91. The van der Waals surface area contributed by atoms with Crippen LogP contribution in [0.2, 0.25) is 0 Å². The van der Waals surface area contributed by atoms with Crippen LogP contribution < -0.4 is 10.5 Å². The van der Waals surface area contributed by atoms with Crippen LogP contribution in [0.5, 0.6) is 0 Å². The van der Waals surface area contributed by atoms with Gasteiger partial charge in [-0.2, -0.15) is 0 Å². The molecule has 0 aliphatic rings. The summed E-state index contributed by atoms with van der Waals surface area (Å²) in [5.74, 6) is 0. The largest absolute Gasteiger partial charge is 0.391 e. The Hall–Kier alpha value is -2.18. The third-order valence-corrected chi connectivity index (χ3v) is 4.49. The number of rotatable bonds is 6. The number of hydrogen-bond donors (Lipinski definition) is 1. The minimum absolute atomic E-state index is 0.0738. The summed E-state index contributed by atoms with van der Waals surface area (Å²) in [6, 6.07) is 11.4. The van der Waals surface area contributed by atoms with E-state index >= 15 is 0 Å². The fraction of sp³-hybridized carbons (Fsp3) is 0.294. The van der Waals surface area contributed by atoms with Crippen LogP contribution in [0, 0.1) is 0 Å². The molecule has 1 aromatic carbocycles. The van der Waals surface area contributed by atoms with E-state index < -0.39 is 6.10 Å². The average Bonchev–Trinajstić information content (AvgIpc) is 3.04. The molecule has 23 heavy (non-hydrogen) atoms. The van der Waals surface area contributed by atoms with Gasteiger partial charge in [0.15, 0.2) is 4.96 Å². The molecular weight excluding hydrogens is 310 g/mol.